The van der Waals surface area contributed by atoms with Crippen molar-refractivity contribution in [3.8, 4) is 0 Å². The minimum atomic E-state index is -1.18. The Kier molecular flexibility index (Phi) is 9.16. The van der Waals surface area contributed by atoms with Crippen molar-refractivity contribution in [3.05, 3.63) is 65.9 Å². The van der Waals surface area contributed by atoms with Gasteiger partial charge in [0.1, 0.15) is 11.7 Å². The number of primary amides is 1. The zero-order chi connectivity index (χ0) is 25.4. The number of hydrogen-bond donors (Lipinski definition) is 6. The molecule has 3 rings (SSSR count). The molecule has 0 fully saturated rings. The van der Waals surface area contributed by atoms with Gasteiger partial charge >= 0.3 is 6.03 Å². The second kappa shape index (κ2) is 12.3. The van der Waals surface area contributed by atoms with Crippen LogP contribution in [0, 0.1) is 0 Å². The predicted octanol–water partition coefficient (Wildman–Crippen LogP) is 2.15. The predicted molar refractivity (Wildman–Crippen MR) is 137 cm³/mol. The molecule has 9 nitrogen and oxygen atoms in total. The number of carbonyl (C=O) groups is 3. The molecule has 186 valence electrons. The number of urea groups is 1. The van der Waals surface area contributed by atoms with Crippen LogP contribution in [0.3, 0.4) is 0 Å². The second-order valence-electron chi connectivity index (χ2n) is 8.30. The van der Waals surface area contributed by atoms with Crippen LogP contribution in [0.1, 0.15) is 29.4 Å². The van der Waals surface area contributed by atoms with Crippen LogP contribution in [0.4, 0.5) is 4.79 Å². The number of rotatable bonds is 11. The molecule has 35 heavy (non-hydrogen) atoms. The Labute approximate surface area is 208 Å². The molecular weight excluding hydrogens is 466 g/mol. The van der Waals surface area contributed by atoms with Gasteiger partial charge in [0.2, 0.25) is 5.91 Å². The molecule has 7 N–H and O–H groups in total. The number of benzene rings is 2. The van der Waals surface area contributed by atoms with Gasteiger partial charge in [-0.05, 0) is 49.8 Å². The van der Waals surface area contributed by atoms with Crippen LogP contribution in [-0.4, -0.2) is 58.9 Å². The molecule has 3 aromatic rings. The molecule has 0 saturated heterocycles. The van der Waals surface area contributed by atoms with Crippen LogP contribution in [0.5, 0.6) is 0 Å². The summed E-state index contributed by atoms with van der Waals surface area (Å²) in [5, 5.41) is 18.9. The van der Waals surface area contributed by atoms with Gasteiger partial charge in [-0.15, -0.1) is 11.8 Å². The molecule has 0 bridgehead atoms. The molecule has 3 unspecified atom stereocenters. The summed E-state index contributed by atoms with van der Waals surface area (Å²) in [5.41, 5.74) is 7.50. The van der Waals surface area contributed by atoms with Crippen molar-refractivity contribution in [1.82, 2.24) is 20.9 Å². The Balaban J connectivity index is 1.65. The summed E-state index contributed by atoms with van der Waals surface area (Å²) in [6, 6.07) is 14.9. The standard InChI is InChI=1S/C25H31N5O4S/c1-15(31)22(30-25(26)34)24(33)28-18(12-16-6-4-3-5-7-16)10-11-27-23(32)21-13-17-8-9-19(35-2)14-20(17)29-21/h3-9,13-15,18,22,29,31H,10-12H2,1-2H3,(H,27,32)(H,28,33)(H3,26,30,34). The van der Waals surface area contributed by atoms with E-state index < -0.39 is 24.1 Å². The van der Waals surface area contributed by atoms with Gasteiger partial charge in [0.05, 0.1) is 6.10 Å². The minimum absolute atomic E-state index is 0.242. The number of nitrogens with one attached hydrogen (secondary N) is 4. The maximum absolute atomic E-state index is 12.8. The third kappa shape index (κ3) is 7.49. The van der Waals surface area contributed by atoms with Gasteiger partial charge in [0.25, 0.3) is 5.91 Å². The van der Waals surface area contributed by atoms with Gasteiger partial charge in [-0.25, -0.2) is 4.79 Å². The van der Waals surface area contributed by atoms with Crippen LogP contribution in [0.25, 0.3) is 10.9 Å². The lowest BCUT2D eigenvalue weighted by Gasteiger charge is -2.25. The Morgan fingerprint density at radius 1 is 1.09 bits per heavy atom. The second-order valence-corrected chi connectivity index (χ2v) is 9.18. The van der Waals surface area contributed by atoms with E-state index in [4.69, 9.17) is 5.73 Å². The van der Waals surface area contributed by atoms with Crippen molar-refractivity contribution in [3.63, 3.8) is 0 Å². The summed E-state index contributed by atoms with van der Waals surface area (Å²) in [5.74, 6) is -0.791. The van der Waals surface area contributed by atoms with Crippen molar-refractivity contribution in [1.29, 1.82) is 0 Å². The van der Waals surface area contributed by atoms with Crippen molar-refractivity contribution in [2.24, 2.45) is 5.73 Å². The summed E-state index contributed by atoms with van der Waals surface area (Å²) in [7, 11) is 0. The number of aromatic nitrogens is 1. The number of aliphatic hydroxyl groups excluding tert-OH is 1. The number of amides is 4. The third-order valence-corrected chi connectivity index (χ3v) is 6.31. The maximum atomic E-state index is 12.8. The van der Waals surface area contributed by atoms with Gasteiger partial charge in [0, 0.05) is 28.4 Å². The zero-order valence-corrected chi connectivity index (χ0v) is 20.5. The highest BCUT2D eigenvalue weighted by Gasteiger charge is 2.27. The van der Waals surface area contributed by atoms with E-state index in [0.29, 0.717) is 25.1 Å². The molecule has 2 aromatic carbocycles. The first-order valence-corrected chi connectivity index (χ1v) is 12.5. The van der Waals surface area contributed by atoms with E-state index in [-0.39, 0.29) is 11.9 Å². The van der Waals surface area contributed by atoms with Crippen LogP contribution < -0.4 is 21.7 Å². The van der Waals surface area contributed by atoms with Crippen molar-refractivity contribution < 1.29 is 19.5 Å². The molecule has 3 atom stereocenters. The summed E-state index contributed by atoms with van der Waals surface area (Å²) in [4.78, 5) is 41.0. The van der Waals surface area contributed by atoms with Crippen LogP contribution in [0.15, 0.2) is 59.5 Å². The first-order valence-electron chi connectivity index (χ1n) is 11.3. The van der Waals surface area contributed by atoms with E-state index in [0.717, 1.165) is 21.4 Å². The van der Waals surface area contributed by atoms with E-state index >= 15 is 0 Å². The average molecular weight is 498 g/mol. The highest BCUT2D eigenvalue weighted by Crippen LogP contribution is 2.22. The van der Waals surface area contributed by atoms with E-state index in [1.165, 1.54) is 6.92 Å². The van der Waals surface area contributed by atoms with E-state index in [1.54, 1.807) is 17.8 Å². The summed E-state index contributed by atoms with van der Waals surface area (Å²) in [6.07, 6.45) is 1.81. The topological polar surface area (TPSA) is 149 Å². The molecule has 10 heteroatoms. The lowest BCUT2D eigenvalue weighted by molar-refractivity contribution is -0.126. The molecule has 1 heterocycles. The number of H-pyrrole nitrogens is 1. The van der Waals surface area contributed by atoms with Crippen LogP contribution >= 0.6 is 11.8 Å². The zero-order valence-electron chi connectivity index (χ0n) is 19.7. The fraction of sp³-hybridized carbons (Fsp3) is 0.320. The average Bonchev–Trinajstić information content (AvgIpc) is 3.26. The molecular formula is C25H31N5O4S. The molecule has 0 aliphatic heterocycles. The van der Waals surface area contributed by atoms with Gasteiger partial charge in [-0.2, -0.15) is 0 Å². The molecule has 0 saturated carbocycles. The van der Waals surface area contributed by atoms with Crippen LogP contribution in [0.2, 0.25) is 0 Å². The lowest BCUT2D eigenvalue weighted by atomic mass is 10.0. The highest BCUT2D eigenvalue weighted by molar-refractivity contribution is 7.98. The van der Waals surface area contributed by atoms with Crippen molar-refractivity contribution in [2.75, 3.05) is 12.8 Å². The first-order chi connectivity index (χ1) is 16.8. The SMILES string of the molecule is CSc1ccc2cc(C(=O)NCCC(Cc3ccccc3)NC(=O)C(NC(N)=O)C(C)O)[nH]c2c1. The van der Waals surface area contributed by atoms with Crippen LogP contribution in [-0.2, 0) is 11.2 Å². The number of aromatic amines is 1. The third-order valence-electron chi connectivity index (χ3n) is 5.59. The number of aliphatic hydroxyl groups is 1. The largest absolute Gasteiger partial charge is 0.391 e. The quantitative estimate of drug-likeness (QED) is 0.225. The minimum Gasteiger partial charge on any atom is -0.391 e. The summed E-state index contributed by atoms with van der Waals surface area (Å²) >= 11 is 1.63. The van der Waals surface area contributed by atoms with E-state index in [2.05, 4.69) is 20.9 Å². The molecule has 0 aliphatic carbocycles. The van der Waals surface area contributed by atoms with Gasteiger partial charge in [-0.1, -0.05) is 36.4 Å². The number of carbonyl (C=O) groups excluding carboxylic acids is 3. The molecule has 1 aromatic heterocycles. The van der Waals surface area contributed by atoms with Crippen molar-refractivity contribution >= 4 is 40.5 Å². The number of fused-ring (bicyclic) bond motifs is 1. The van der Waals surface area contributed by atoms with Gasteiger partial charge < -0.3 is 31.8 Å². The lowest BCUT2D eigenvalue weighted by Crippen LogP contribution is -2.56. The van der Waals surface area contributed by atoms with Gasteiger partial charge in [-0.3, -0.25) is 9.59 Å². The number of nitrogens with two attached hydrogens (primary N) is 1. The fourth-order valence-corrected chi connectivity index (χ4v) is 4.22. The maximum Gasteiger partial charge on any atom is 0.312 e. The van der Waals surface area contributed by atoms with Gasteiger partial charge in [0.15, 0.2) is 0 Å². The smallest absolute Gasteiger partial charge is 0.312 e. The molecule has 0 spiro atoms. The molecule has 4 amide bonds. The Morgan fingerprint density at radius 2 is 1.83 bits per heavy atom. The number of hydrogen-bond acceptors (Lipinski definition) is 5. The molecule has 0 radical (unpaired) electrons. The summed E-state index contributed by atoms with van der Waals surface area (Å²) < 4.78 is 0. The Bertz CT molecular complexity index is 1170. The Hall–Kier alpha value is -3.50. The normalized spacial score (nSPS) is 13.6. The summed E-state index contributed by atoms with van der Waals surface area (Å²) in [6.45, 7) is 1.71. The number of thioether (sulfide) groups is 1. The first kappa shape index (κ1) is 26.1. The Morgan fingerprint density at radius 3 is 2.49 bits per heavy atom. The fourth-order valence-electron chi connectivity index (χ4n) is 3.78. The monoisotopic (exact) mass is 497 g/mol. The highest BCUT2D eigenvalue weighted by atomic mass is 32.2. The molecule has 0 aliphatic rings. The van der Waals surface area contributed by atoms with E-state index in [9.17, 15) is 19.5 Å². The van der Waals surface area contributed by atoms with E-state index in [1.807, 2.05) is 54.8 Å². The van der Waals surface area contributed by atoms with Crippen molar-refractivity contribution in [2.45, 2.75) is 42.8 Å².